The molecule has 1 atom stereocenters. The van der Waals surface area contributed by atoms with Crippen LogP contribution in [0.5, 0.6) is 5.88 Å². The normalized spacial score (nSPS) is 13.0. The Morgan fingerprint density at radius 3 is 2.84 bits per heavy atom. The Labute approximate surface area is 253 Å². The molecule has 1 amide bonds. The van der Waals surface area contributed by atoms with Gasteiger partial charge in [0.2, 0.25) is 5.88 Å². The molecule has 0 aliphatic carbocycles. The third kappa shape index (κ3) is 4.92. The molecule has 0 unspecified atom stereocenters. The van der Waals surface area contributed by atoms with Crippen LogP contribution in [0.4, 0.5) is 0 Å². The van der Waals surface area contributed by atoms with Crippen LogP contribution >= 0.6 is 11.3 Å². The van der Waals surface area contributed by atoms with Gasteiger partial charge in [0.05, 0.1) is 35.9 Å². The van der Waals surface area contributed by atoms with Crippen molar-refractivity contribution < 1.29 is 14.6 Å². The zero-order valence-electron chi connectivity index (χ0n) is 24.1. The number of amides is 1. The van der Waals surface area contributed by atoms with E-state index < -0.39 is 6.04 Å². The number of thiophene rings is 1. The lowest BCUT2D eigenvalue weighted by Gasteiger charge is -2.23. The zero-order valence-corrected chi connectivity index (χ0v) is 24.9. The summed E-state index contributed by atoms with van der Waals surface area (Å²) in [7, 11) is 1.62. The number of aryl methyl sites for hydroxylation is 2. The fourth-order valence-electron chi connectivity index (χ4n) is 6.29. The van der Waals surface area contributed by atoms with Gasteiger partial charge in [-0.3, -0.25) is 4.79 Å². The lowest BCUT2D eigenvalue weighted by molar-refractivity contribution is 0.0917. The SMILES string of the molecule is COc1cc(-c2cc3c(cc2C)CCn2c-3cc(C(=O)N[C@@H](CO)Cc3c[nH]c4ccccc34)c2-c2cccs2)ccn1. The molecule has 4 aromatic heterocycles. The van der Waals surface area contributed by atoms with Crippen molar-refractivity contribution in [3.05, 3.63) is 107 Å². The van der Waals surface area contributed by atoms with Crippen LogP contribution in [-0.4, -0.2) is 45.3 Å². The van der Waals surface area contributed by atoms with Gasteiger partial charge in [0.1, 0.15) is 0 Å². The quantitative estimate of drug-likeness (QED) is 0.186. The third-order valence-electron chi connectivity index (χ3n) is 8.38. The Balaban J connectivity index is 1.27. The maximum Gasteiger partial charge on any atom is 0.253 e. The molecular formula is C35H32N4O3S. The van der Waals surface area contributed by atoms with Crippen LogP contribution in [0.1, 0.15) is 27.0 Å². The molecule has 0 bridgehead atoms. The van der Waals surface area contributed by atoms with Crippen molar-refractivity contribution >= 4 is 28.1 Å². The predicted octanol–water partition coefficient (Wildman–Crippen LogP) is 6.63. The van der Waals surface area contributed by atoms with Gasteiger partial charge in [-0.05, 0) is 83.3 Å². The van der Waals surface area contributed by atoms with E-state index in [0.29, 0.717) is 17.9 Å². The average molecular weight is 589 g/mol. The van der Waals surface area contributed by atoms with Gasteiger partial charge in [0, 0.05) is 47.2 Å². The maximum absolute atomic E-state index is 14.0. The van der Waals surface area contributed by atoms with E-state index >= 15 is 0 Å². The summed E-state index contributed by atoms with van der Waals surface area (Å²) in [6.45, 7) is 2.76. The minimum Gasteiger partial charge on any atom is -0.481 e. The van der Waals surface area contributed by atoms with E-state index in [-0.39, 0.29) is 12.5 Å². The second kappa shape index (κ2) is 11.2. The summed E-state index contributed by atoms with van der Waals surface area (Å²) < 4.78 is 7.67. The number of hydrogen-bond donors (Lipinski definition) is 3. The van der Waals surface area contributed by atoms with E-state index in [1.165, 1.54) is 11.1 Å². The second-order valence-corrected chi connectivity index (χ2v) is 11.9. The van der Waals surface area contributed by atoms with Crippen LogP contribution in [0.15, 0.2) is 84.5 Å². The number of aromatic amines is 1. The number of carbonyl (C=O) groups excluding carboxylic acids is 1. The van der Waals surface area contributed by atoms with Crippen molar-refractivity contribution in [1.82, 2.24) is 19.9 Å². The zero-order chi connectivity index (χ0) is 29.5. The summed E-state index contributed by atoms with van der Waals surface area (Å²) in [6.07, 6.45) is 5.12. The van der Waals surface area contributed by atoms with Gasteiger partial charge < -0.3 is 24.7 Å². The highest BCUT2D eigenvalue weighted by molar-refractivity contribution is 7.13. The van der Waals surface area contributed by atoms with E-state index in [9.17, 15) is 9.90 Å². The van der Waals surface area contributed by atoms with E-state index in [4.69, 9.17) is 4.74 Å². The van der Waals surface area contributed by atoms with E-state index in [1.807, 2.05) is 54.0 Å². The number of methoxy groups -OCH3 is 1. The Morgan fingerprint density at radius 1 is 1.14 bits per heavy atom. The van der Waals surface area contributed by atoms with Gasteiger partial charge in [-0.2, -0.15) is 0 Å². The third-order valence-corrected chi connectivity index (χ3v) is 9.26. The van der Waals surface area contributed by atoms with Crippen LogP contribution in [0, 0.1) is 6.92 Å². The number of para-hydroxylation sites is 1. The van der Waals surface area contributed by atoms with Crippen molar-refractivity contribution in [2.45, 2.75) is 32.4 Å². The highest BCUT2D eigenvalue weighted by Gasteiger charge is 2.28. The number of benzene rings is 2. The molecule has 2 aromatic carbocycles. The molecule has 7 rings (SSSR count). The molecule has 7 nitrogen and oxygen atoms in total. The molecule has 1 aliphatic rings. The van der Waals surface area contributed by atoms with Crippen molar-refractivity contribution in [2.24, 2.45) is 0 Å². The molecule has 0 saturated heterocycles. The highest BCUT2D eigenvalue weighted by atomic mass is 32.1. The van der Waals surface area contributed by atoms with Crippen molar-refractivity contribution in [2.75, 3.05) is 13.7 Å². The van der Waals surface area contributed by atoms with Gasteiger partial charge in [-0.1, -0.05) is 30.3 Å². The summed E-state index contributed by atoms with van der Waals surface area (Å²) in [6, 6.07) is 22.2. The van der Waals surface area contributed by atoms with Crippen molar-refractivity contribution in [3.63, 3.8) is 0 Å². The van der Waals surface area contributed by atoms with Crippen LogP contribution in [0.2, 0.25) is 0 Å². The standard InChI is InChI=1S/C35H32N4O3S/c1-21-14-23-10-12-39-31(28(23)17-27(21)22-9-11-36-33(16-22)42-2)18-29(34(39)32-8-5-13-43-32)35(41)38-25(20-40)15-24-19-37-30-7-4-3-6-26(24)30/h3-9,11,13-14,16-19,25,37,40H,10,12,15,20H2,1-2H3,(H,38,41)/t25-/m1/s1. The fraction of sp³-hybridized carbons (Fsp3) is 0.200. The minimum atomic E-state index is -0.428. The Hall–Kier alpha value is -4.66. The summed E-state index contributed by atoms with van der Waals surface area (Å²) in [4.78, 5) is 22.6. The Bertz CT molecular complexity index is 1950. The molecule has 0 fully saturated rings. The number of aliphatic hydroxyl groups excluding tert-OH is 1. The molecule has 0 saturated carbocycles. The van der Waals surface area contributed by atoms with E-state index in [2.05, 4.69) is 51.0 Å². The molecule has 0 spiro atoms. The first kappa shape index (κ1) is 27.2. The highest BCUT2D eigenvalue weighted by Crippen LogP contribution is 2.42. The van der Waals surface area contributed by atoms with Crippen LogP contribution in [-0.2, 0) is 19.4 Å². The molecule has 6 aromatic rings. The topological polar surface area (TPSA) is 92.2 Å². The minimum absolute atomic E-state index is 0.159. The monoisotopic (exact) mass is 588 g/mol. The van der Waals surface area contributed by atoms with Gasteiger partial charge in [-0.25, -0.2) is 4.98 Å². The number of fused-ring (bicyclic) bond motifs is 4. The first-order chi connectivity index (χ1) is 21.0. The molecule has 5 heterocycles. The van der Waals surface area contributed by atoms with Gasteiger partial charge in [0.15, 0.2) is 0 Å². The van der Waals surface area contributed by atoms with E-state index in [0.717, 1.165) is 62.4 Å². The lowest BCUT2D eigenvalue weighted by Crippen LogP contribution is -2.39. The summed E-state index contributed by atoms with van der Waals surface area (Å²) in [5.74, 6) is 0.389. The summed E-state index contributed by atoms with van der Waals surface area (Å²) in [5, 5.41) is 16.6. The second-order valence-electron chi connectivity index (χ2n) is 11.0. The van der Waals surface area contributed by atoms with Gasteiger partial charge in [-0.15, -0.1) is 11.3 Å². The first-order valence-electron chi connectivity index (χ1n) is 14.4. The fourth-order valence-corrected chi connectivity index (χ4v) is 7.08. The number of rotatable bonds is 8. The Kier molecular flexibility index (Phi) is 7.08. The number of H-pyrrole nitrogens is 1. The smallest absolute Gasteiger partial charge is 0.253 e. The summed E-state index contributed by atoms with van der Waals surface area (Å²) in [5.41, 5.74) is 10.4. The largest absolute Gasteiger partial charge is 0.481 e. The number of ether oxygens (including phenoxy) is 1. The number of aliphatic hydroxyl groups is 1. The number of hydrogen-bond acceptors (Lipinski definition) is 5. The van der Waals surface area contributed by atoms with Gasteiger partial charge in [0.25, 0.3) is 5.91 Å². The summed E-state index contributed by atoms with van der Waals surface area (Å²) >= 11 is 1.63. The van der Waals surface area contributed by atoms with Crippen LogP contribution in [0.3, 0.4) is 0 Å². The van der Waals surface area contributed by atoms with Crippen LogP contribution < -0.4 is 10.1 Å². The van der Waals surface area contributed by atoms with Crippen molar-refractivity contribution in [1.29, 1.82) is 0 Å². The molecule has 43 heavy (non-hydrogen) atoms. The molecule has 1 aliphatic heterocycles. The number of aromatic nitrogens is 3. The number of carbonyl (C=O) groups is 1. The lowest BCUT2D eigenvalue weighted by atomic mass is 9.90. The number of nitrogens with zero attached hydrogens (tertiary/aromatic N) is 2. The first-order valence-corrected chi connectivity index (χ1v) is 15.3. The average Bonchev–Trinajstić information content (AvgIpc) is 3.79. The van der Waals surface area contributed by atoms with Gasteiger partial charge >= 0.3 is 0 Å². The van der Waals surface area contributed by atoms with E-state index in [1.54, 1.807) is 24.6 Å². The molecule has 0 radical (unpaired) electrons. The van der Waals surface area contributed by atoms with Crippen molar-refractivity contribution in [3.8, 4) is 38.8 Å². The molecule has 8 heteroatoms. The Morgan fingerprint density at radius 2 is 2.02 bits per heavy atom. The predicted molar refractivity (Wildman–Crippen MR) is 172 cm³/mol. The molecule has 3 N–H and O–H groups in total. The number of pyridine rings is 1. The van der Waals surface area contributed by atoms with Crippen LogP contribution in [0.25, 0.3) is 43.9 Å². The molecular weight excluding hydrogens is 556 g/mol. The maximum atomic E-state index is 14.0. The number of nitrogens with one attached hydrogen (secondary N) is 2. The molecule has 216 valence electrons.